The molecule has 0 amide bonds. The van der Waals surface area contributed by atoms with Crippen LogP contribution in [0.2, 0.25) is 0 Å². The van der Waals surface area contributed by atoms with E-state index in [1.165, 1.54) is 0 Å². The van der Waals surface area contributed by atoms with Gasteiger partial charge in [0.1, 0.15) is 0 Å². The fourth-order valence-electron chi connectivity index (χ4n) is 0.989. The first-order valence-electron chi connectivity index (χ1n) is 8.86. The Morgan fingerprint density at radius 1 is 0.615 bits per heavy atom. The Kier molecular flexibility index (Phi) is 42.8. The minimum atomic E-state index is -3.81. The smallest absolute Gasteiger partial charge is 0.319 e. The molecule has 0 radical (unpaired) electrons. The van der Waals surface area contributed by atoms with Crippen LogP contribution >= 0.6 is 6.72 Å². The molecule has 0 saturated carbocycles. The van der Waals surface area contributed by atoms with Crippen molar-refractivity contribution in [1.82, 2.24) is 0 Å². The molecule has 9 nitrogen and oxygen atoms in total. The van der Waals surface area contributed by atoms with E-state index in [0.717, 1.165) is 39.1 Å². The molecule has 0 aromatic rings. The number of ether oxygens (including phenoxy) is 3. The van der Waals surface area contributed by atoms with Crippen LogP contribution in [-0.4, -0.2) is 74.0 Å². The van der Waals surface area contributed by atoms with E-state index < -0.39 is 6.72 Å². The fraction of sp³-hybridized carbons (Fsp3) is 1.00. The van der Waals surface area contributed by atoms with Crippen LogP contribution in [0.1, 0.15) is 40.0 Å². The average molecular weight is 424 g/mol. The highest BCUT2D eigenvalue weighted by Gasteiger charge is 1.92. The Morgan fingerprint density at radius 2 is 0.808 bits per heavy atom. The van der Waals surface area contributed by atoms with E-state index in [0.29, 0.717) is 39.5 Å². The van der Waals surface area contributed by atoms with Crippen molar-refractivity contribution in [1.29, 1.82) is 0 Å². The third-order valence-electron chi connectivity index (χ3n) is 1.83. The average Bonchev–Trinajstić information content (AvgIpc) is 2.56. The first-order chi connectivity index (χ1) is 12.2. The van der Waals surface area contributed by atoms with Crippen LogP contribution < -0.4 is 17.2 Å². The number of nitrogens with two attached hydrogens (primary N) is 3. The van der Waals surface area contributed by atoms with Crippen LogP contribution in [0.15, 0.2) is 0 Å². The zero-order valence-corrected chi connectivity index (χ0v) is 18.4. The molecule has 0 spiro atoms. The number of hydrogen-bond donors (Lipinski definition) is 6. The summed E-state index contributed by atoms with van der Waals surface area (Å²) in [6, 6.07) is 0. The van der Waals surface area contributed by atoms with E-state index in [1.54, 1.807) is 0 Å². The summed E-state index contributed by atoms with van der Waals surface area (Å²) in [6.45, 7) is 8.99. The molecule has 0 aliphatic rings. The van der Waals surface area contributed by atoms with Gasteiger partial charge in [-0.3, -0.25) is 0 Å². The lowest BCUT2D eigenvalue weighted by Crippen LogP contribution is -2.08. The summed E-state index contributed by atoms with van der Waals surface area (Å²) in [6.07, 6.45) is 3.25. The largest absolute Gasteiger partial charge is 0.380 e. The fourth-order valence-corrected chi connectivity index (χ4v) is 0.989. The van der Waals surface area contributed by atoms with Crippen LogP contribution in [0, 0.1) is 0 Å². The molecule has 0 aromatic heterocycles. The van der Waals surface area contributed by atoms with E-state index in [9.17, 15) is 0 Å². The van der Waals surface area contributed by atoms with Gasteiger partial charge in [-0.15, -0.1) is 0 Å². The normalized spacial score (nSPS) is 9.88. The second-order valence-electron chi connectivity index (χ2n) is 4.72. The standard InChI is InChI=1S/3C5H13NO.H3O3PS/c3*1-2-4-7-5-3-6;1-4(2,3)5/h3*2-6H2,1H3;(H3,1,2,3,5). The molecule has 11 heteroatoms. The molecule has 26 heavy (non-hydrogen) atoms. The monoisotopic (exact) mass is 423 g/mol. The van der Waals surface area contributed by atoms with Gasteiger partial charge in [0.2, 0.25) is 0 Å². The Labute approximate surface area is 164 Å². The molecule has 0 aromatic carbocycles. The van der Waals surface area contributed by atoms with E-state index in [-0.39, 0.29) is 0 Å². The van der Waals surface area contributed by atoms with Gasteiger partial charge >= 0.3 is 6.72 Å². The molecule has 0 aliphatic carbocycles. The third kappa shape index (κ3) is 87.2. The first-order valence-corrected chi connectivity index (χ1v) is 11.5. The molecule has 0 bridgehead atoms. The topological polar surface area (TPSA) is 166 Å². The van der Waals surface area contributed by atoms with Gasteiger partial charge in [-0.25, -0.2) is 0 Å². The van der Waals surface area contributed by atoms with E-state index >= 15 is 0 Å². The molecule has 0 saturated heterocycles. The lowest BCUT2D eigenvalue weighted by atomic mass is 10.5. The van der Waals surface area contributed by atoms with Gasteiger partial charge in [-0.05, 0) is 31.1 Å². The summed E-state index contributed by atoms with van der Waals surface area (Å²) in [7, 11) is 0. The molecule has 0 aliphatic heterocycles. The van der Waals surface area contributed by atoms with Crippen molar-refractivity contribution < 1.29 is 28.9 Å². The second kappa shape index (κ2) is 32.9. The van der Waals surface area contributed by atoms with Crippen molar-refractivity contribution in [2.45, 2.75) is 40.0 Å². The summed E-state index contributed by atoms with van der Waals surface area (Å²) in [5.74, 6) is 0. The Morgan fingerprint density at radius 3 is 0.923 bits per heavy atom. The van der Waals surface area contributed by atoms with E-state index in [4.69, 9.17) is 46.1 Å². The zero-order valence-electron chi connectivity index (χ0n) is 16.6. The molecular formula is C15H42N3O6PS. The molecule has 0 fully saturated rings. The first kappa shape index (κ1) is 33.8. The van der Waals surface area contributed by atoms with Crippen molar-refractivity contribution in [3.63, 3.8) is 0 Å². The maximum atomic E-state index is 7.56. The zero-order chi connectivity index (χ0) is 21.1. The van der Waals surface area contributed by atoms with Gasteiger partial charge < -0.3 is 46.1 Å². The minimum absolute atomic E-state index is 0.639. The summed E-state index contributed by atoms with van der Waals surface area (Å²) in [4.78, 5) is 22.7. The van der Waals surface area contributed by atoms with Crippen molar-refractivity contribution in [3.05, 3.63) is 0 Å². The summed E-state index contributed by atoms with van der Waals surface area (Å²) < 4.78 is 15.0. The van der Waals surface area contributed by atoms with Gasteiger partial charge in [-0.1, -0.05) is 20.8 Å². The summed E-state index contributed by atoms with van der Waals surface area (Å²) >= 11 is 3.60. The van der Waals surface area contributed by atoms with Crippen LogP contribution in [0.4, 0.5) is 0 Å². The van der Waals surface area contributed by atoms with Gasteiger partial charge in [0.25, 0.3) is 0 Å². The summed E-state index contributed by atoms with van der Waals surface area (Å²) in [5.41, 5.74) is 15.4. The molecule has 0 atom stereocenters. The number of rotatable bonds is 12. The van der Waals surface area contributed by atoms with Crippen LogP contribution in [0.5, 0.6) is 0 Å². The molecule has 164 valence electrons. The lowest BCUT2D eigenvalue weighted by Gasteiger charge is -1.95. The van der Waals surface area contributed by atoms with E-state index in [2.05, 4.69) is 32.6 Å². The highest BCUT2D eigenvalue weighted by molar-refractivity contribution is 8.06. The SMILES string of the molecule is CCCOCCN.CCCOCCN.CCCOCCN.OP(O)(O)=S. The maximum Gasteiger partial charge on any atom is 0.319 e. The minimum Gasteiger partial charge on any atom is -0.380 e. The predicted octanol–water partition coefficient (Wildman–Crippen LogP) is 0.303. The Bertz CT molecular complexity index is 219. The lowest BCUT2D eigenvalue weighted by molar-refractivity contribution is 0.142. The molecule has 0 heterocycles. The van der Waals surface area contributed by atoms with E-state index in [1.807, 2.05) is 0 Å². The van der Waals surface area contributed by atoms with Gasteiger partial charge in [-0.2, -0.15) is 0 Å². The third-order valence-corrected chi connectivity index (χ3v) is 1.83. The van der Waals surface area contributed by atoms with Gasteiger partial charge in [0.05, 0.1) is 19.8 Å². The second-order valence-corrected chi connectivity index (χ2v) is 7.21. The van der Waals surface area contributed by atoms with Gasteiger partial charge in [0.15, 0.2) is 0 Å². The molecular weight excluding hydrogens is 381 g/mol. The van der Waals surface area contributed by atoms with Crippen molar-refractivity contribution in [2.24, 2.45) is 17.2 Å². The van der Waals surface area contributed by atoms with Crippen molar-refractivity contribution in [2.75, 3.05) is 59.3 Å². The maximum absolute atomic E-state index is 7.56. The molecule has 9 N–H and O–H groups in total. The predicted molar refractivity (Wildman–Crippen MR) is 111 cm³/mol. The number of hydrogen-bond acceptors (Lipinski definition) is 7. The van der Waals surface area contributed by atoms with Crippen LogP contribution in [0.25, 0.3) is 0 Å². The van der Waals surface area contributed by atoms with Crippen LogP contribution in [0.3, 0.4) is 0 Å². The molecule has 0 rings (SSSR count). The highest BCUT2D eigenvalue weighted by atomic mass is 32.5. The van der Waals surface area contributed by atoms with Crippen LogP contribution in [-0.2, 0) is 26.0 Å². The van der Waals surface area contributed by atoms with Gasteiger partial charge in [0, 0.05) is 39.5 Å². The van der Waals surface area contributed by atoms with Crippen molar-refractivity contribution >= 4 is 18.5 Å². The summed E-state index contributed by atoms with van der Waals surface area (Å²) in [5, 5.41) is 0. The Hall–Kier alpha value is 0.290. The quantitative estimate of drug-likeness (QED) is 0.190. The molecule has 0 unspecified atom stereocenters. The highest BCUT2D eigenvalue weighted by Crippen LogP contribution is 2.26. The Balaban J connectivity index is -0.000000125. The van der Waals surface area contributed by atoms with Crippen molar-refractivity contribution in [3.8, 4) is 0 Å².